The summed E-state index contributed by atoms with van der Waals surface area (Å²) < 4.78 is 5.17. The Hall–Kier alpha value is -2.64. The van der Waals surface area contributed by atoms with Crippen molar-refractivity contribution in [1.29, 1.82) is 0 Å². The third-order valence-electron chi connectivity index (χ3n) is 5.66. The fourth-order valence-electron chi connectivity index (χ4n) is 4.22. The van der Waals surface area contributed by atoms with Crippen LogP contribution in [0.3, 0.4) is 0 Å². The number of hydrogen-bond acceptors (Lipinski definition) is 6. The molecule has 3 rings (SSSR count). The quantitative estimate of drug-likeness (QED) is 0.436. The highest BCUT2D eigenvalue weighted by Crippen LogP contribution is 2.32. The van der Waals surface area contributed by atoms with Crippen molar-refractivity contribution in [3.63, 3.8) is 0 Å². The fraction of sp³-hybridized carbons (Fsp3) is 0.600. The molecule has 2 saturated heterocycles. The van der Waals surface area contributed by atoms with Gasteiger partial charge in [-0.2, -0.15) is 0 Å². The van der Waals surface area contributed by atoms with Crippen LogP contribution in [0.2, 0.25) is 0 Å². The molecular formula is C20H27N3O5. The molecule has 2 fully saturated rings. The van der Waals surface area contributed by atoms with Crippen molar-refractivity contribution in [2.75, 3.05) is 24.6 Å². The first-order chi connectivity index (χ1) is 13.4. The van der Waals surface area contributed by atoms with Gasteiger partial charge < -0.3 is 14.5 Å². The second-order valence-corrected chi connectivity index (χ2v) is 7.66. The lowest BCUT2D eigenvalue weighted by molar-refractivity contribution is -0.384. The van der Waals surface area contributed by atoms with Crippen molar-refractivity contribution < 1.29 is 19.2 Å². The average Bonchev–Trinajstić information content (AvgIpc) is 3.20. The van der Waals surface area contributed by atoms with Gasteiger partial charge in [-0.05, 0) is 58.1 Å². The summed E-state index contributed by atoms with van der Waals surface area (Å²) in [7, 11) is 0. The Labute approximate surface area is 164 Å². The Morgan fingerprint density at radius 1 is 1.14 bits per heavy atom. The van der Waals surface area contributed by atoms with Gasteiger partial charge in [0.15, 0.2) is 6.61 Å². The number of anilines is 1. The molecule has 8 nitrogen and oxygen atoms in total. The van der Waals surface area contributed by atoms with Gasteiger partial charge in [-0.3, -0.25) is 14.9 Å². The summed E-state index contributed by atoms with van der Waals surface area (Å²) in [5.74, 6) is -0.946. The zero-order valence-corrected chi connectivity index (χ0v) is 16.4. The summed E-state index contributed by atoms with van der Waals surface area (Å²) >= 11 is 0. The minimum absolute atomic E-state index is 0.0854. The molecule has 2 heterocycles. The van der Waals surface area contributed by atoms with Gasteiger partial charge in [0.1, 0.15) is 5.69 Å². The van der Waals surface area contributed by atoms with E-state index in [-0.39, 0.29) is 35.8 Å². The third-order valence-corrected chi connectivity index (χ3v) is 5.66. The molecule has 0 N–H and O–H groups in total. The maximum absolute atomic E-state index is 12.5. The van der Waals surface area contributed by atoms with Gasteiger partial charge in [-0.25, -0.2) is 4.79 Å². The Morgan fingerprint density at radius 3 is 2.39 bits per heavy atom. The summed E-state index contributed by atoms with van der Waals surface area (Å²) in [6.45, 7) is 5.18. The monoisotopic (exact) mass is 389 g/mol. The second kappa shape index (κ2) is 8.58. The normalized spacial score (nSPS) is 22.2. The molecule has 1 aromatic carbocycles. The van der Waals surface area contributed by atoms with Crippen LogP contribution in [0.15, 0.2) is 18.2 Å². The van der Waals surface area contributed by atoms with Crippen molar-refractivity contribution in [3.8, 4) is 0 Å². The van der Waals surface area contributed by atoms with Gasteiger partial charge in [0.05, 0.1) is 10.5 Å². The molecule has 0 saturated carbocycles. The summed E-state index contributed by atoms with van der Waals surface area (Å²) in [5.41, 5.74) is 0.495. The Morgan fingerprint density at radius 2 is 1.79 bits per heavy atom. The summed E-state index contributed by atoms with van der Waals surface area (Å²) in [4.78, 5) is 39.6. The summed E-state index contributed by atoms with van der Waals surface area (Å²) in [6.07, 6.45) is 4.95. The molecule has 0 aromatic heterocycles. The van der Waals surface area contributed by atoms with Crippen molar-refractivity contribution >= 4 is 23.3 Å². The van der Waals surface area contributed by atoms with Gasteiger partial charge in [0.25, 0.3) is 11.6 Å². The minimum Gasteiger partial charge on any atom is -0.452 e. The molecule has 2 aliphatic heterocycles. The minimum atomic E-state index is -0.721. The van der Waals surface area contributed by atoms with E-state index in [9.17, 15) is 19.7 Å². The molecule has 0 radical (unpaired) electrons. The molecule has 8 heteroatoms. The van der Waals surface area contributed by atoms with E-state index in [4.69, 9.17) is 4.74 Å². The predicted octanol–water partition coefficient (Wildman–Crippen LogP) is 3.14. The van der Waals surface area contributed by atoms with E-state index in [0.29, 0.717) is 5.69 Å². The number of esters is 1. The largest absolute Gasteiger partial charge is 0.452 e. The number of carbonyl (C=O) groups excluding carboxylic acids is 2. The van der Waals surface area contributed by atoms with Crippen molar-refractivity contribution in [2.45, 2.75) is 58.0 Å². The highest BCUT2D eigenvalue weighted by molar-refractivity contribution is 5.93. The van der Waals surface area contributed by atoms with Crippen LogP contribution >= 0.6 is 0 Å². The smallest absolute Gasteiger partial charge is 0.338 e. The number of benzene rings is 1. The van der Waals surface area contributed by atoms with Gasteiger partial charge in [0.2, 0.25) is 0 Å². The van der Waals surface area contributed by atoms with Crippen LogP contribution in [0, 0.1) is 10.1 Å². The number of ether oxygens (including phenoxy) is 1. The topological polar surface area (TPSA) is 93.0 Å². The lowest BCUT2D eigenvalue weighted by Gasteiger charge is -2.38. The van der Waals surface area contributed by atoms with Crippen molar-refractivity contribution in [3.05, 3.63) is 33.9 Å². The number of rotatable bonds is 5. The molecule has 152 valence electrons. The molecular weight excluding hydrogens is 362 g/mol. The van der Waals surface area contributed by atoms with E-state index in [0.717, 1.165) is 45.2 Å². The number of nitrogens with zero attached hydrogens (tertiary/aromatic N) is 3. The predicted molar refractivity (Wildman–Crippen MR) is 104 cm³/mol. The van der Waals surface area contributed by atoms with Gasteiger partial charge in [-0.15, -0.1) is 0 Å². The van der Waals surface area contributed by atoms with E-state index >= 15 is 0 Å². The van der Waals surface area contributed by atoms with Crippen molar-refractivity contribution in [1.82, 2.24) is 4.90 Å². The van der Waals surface area contributed by atoms with E-state index in [1.807, 2.05) is 18.7 Å². The lowest BCUT2D eigenvalue weighted by atomic mass is 9.97. The Balaban J connectivity index is 1.67. The van der Waals surface area contributed by atoms with Gasteiger partial charge in [-0.1, -0.05) is 0 Å². The zero-order chi connectivity index (χ0) is 20.3. The number of nitro groups is 1. The van der Waals surface area contributed by atoms with E-state index in [2.05, 4.69) is 0 Å². The van der Waals surface area contributed by atoms with Crippen LogP contribution in [0.4, 0.5) is 11.4 Å². The van der Waals surface area contributed by atoms with E-state index < -0.39 is 10.9 Å². The Bertz CT molecular complexity index is 750. The number of likely N-dealkylation sites (tertiary alicyclic amines) is 1. The maximum atomic E-state index is 12.5. The van der Waals surface area contributed by atoms with Crippen molar-refractivity contribution in [2.24, 2.45) is 0 Å². The van der Waals surface area contributed by atoms with E-state index in [1.54, 1.807) is 11.0 Å². The molecule has 28 heavy (non-hydrogen) atoms. The zero-order valence-electron chi connectivity index (χ0n) is 16.4. The molecule has 0 unspecified atom stereocenters. The van der Waals surface area contributed by atoms with Crippen LogP contribution in [0.1, 0.15) is 56.3 Å². The summed E-state index contributed by atoms with van der Waals surface area (Å²) in [5, 5.41) is 11.5. The number of hydrogen-bond donors (Lipinski definition) is 0. The Kier molecular flexibility index (Phi) is 6.16. The van der Waals surface area contributed by atoms with Crippen LogP contribution in [0.25, 0.3) is 0 Å². The lowest BCUT2D eigenvalue weighted by Crippen LogP contribution is -2.49. The molecule has 2 aliphatic rings. The molecule has 0 bridgehead atoms. The standard InChI is InChI=1S/C20H27N3O5/c1-14-6-5-7-15(2)22(14)19(24)13-28-20(25)16-8-9-17(18(12-16)23(26)27)21-10-3-4-11-21/h8-9,12,14-15H,3-7,10-11,13H2,1-2H3/t14-,15-/m0/s1. The molecule has 0 spiro atoms. The first-order valence-electron chi connectivity index (χ1n) is 9.90. The van der Waals surface area contributed by atoms with Crippen LogP contribution < -0.4 is 4.90 Å². The fourth-order valence-corrected chi connectivity index (χ4v) is 4.22. The molecule has 0 aliphatic carbocycles. The molecule has 1 amide bonds. The van der Waals surface area contributed by atoms with Gasteiger partial charge in [0, 0.05) is 31.2 Å². The first-order valence-corrected chi connectivity index (χ1v) is 9.90. The molecule has 1 aromatic rings. The maximum Gasteiger partial charge on any atom is 0.338 e. The second-order valence-electron chi connectivity index (χ2n) is 7.66. The number of carbonyl (C=O) groups is 2. The average molecular weight is 389 g/mol. The van der Waals surface area contributed by atoms with Crippen LogP contribution in [-0.2, 0) is 9.53 Å². The molecule has 2 atom stereocenters. The van der Waals surface area contributed by atoms with E-state index in [1.165, 1.54) is 12.1 Å². The summed E-state index contributed by atoms with van der Waals surface area (Å²) in [6, 6.07) is 4.61. The first kappa shape index (κ1) is 20.1. The third kappa shape index (κ3) is 4.26. The number of piperidine rings is 1. The SMILES string of the molecule is C[C@H]1CCC[C@H](C)N1C(=O)COC(=O)c1ccc(N2CCCC2)c([N+](=O)[O-])c1. The van der Waals surface area contributed by atoms with Crippen LogP contribution in [-0.4, -0.2) is 53.5 Å². The highest BCUT2D eigenvalue weighted by Gasteiger charge is 2.30. The van der Waals surface area contributed by atoms with Crippen LogP contribution in [0.5, 0.6) is 0 Å². The van der Waals surface area contributed by atoms with Gasteiger partial charge >= 0.3 is 5.97 Å². The number of amides is 1. The number of nitro benzene ring substituents is 1. The highest BCUT2D eigenvalue weighted by atomic mass is 16.6.